The number of aromatic nitrogens is 2. The lowest BCUT2D eigenvalue weighted by Gasteiger charge is -2.22. The van der Waals surface area contributed by atoms with Crippen LogP contribution >= 0.6 is 23.5 Å². The van der Waals surface area contributed by atoms with Crippen molar-refractivity contribution in [1.29, 1.82) is 0 Å². The number of aryl methyl sites for hydroxylation is 1. The van der Waals surface area contributed by atoms with Crippen molar-refractivity contribution in [2.24, 2.45) is 0 Å². The Kier molecular flexibility index (Phi) is 5.25. The second kappa shape index (κ2) is 6.71. The molecule has 1 aliphatic heterocycles. The number of thioether (sulfide) groups is 2. The van der Waals surface area contributed by atoms with E-state index in [1.54, 1.807) is 0 Å². The van der Waals surface area contributed by atoms with Gasteiger partial charge in [0.25, 0.3) is 0 Å². The molecular weight excluding hydrogens is 250 g/mol. The van der Waals surface area contributed by atoms with Crippen LogP contribution in [0.15, 0.2) is 6.20 Å². The molecule has 0 bridgehead atoms. The molecular formula is C12H21N3S2. The highest BCUT2D eigenvalue weighted by atomic mass is 32.2. The maximum absolute atomic E-state index is 4.44. The van der Waals surface area contributed by atoms with Crippen LogP contribution in [0.5, 0.6) is 0 Å². The standard InChI is InChI=1S/C12H21N3S2/c1-3-11(12-13-6-9(2)14-12)15-10-7-16-4-5-17-8-10/h6,10-11,15H,3-5,7-8H2,1-2H3,(H,13,14). The van der Waals surface area contributed by atoms with Gasteiger partial charge in [0.05, 0.1) is 6.04 Å². The summed E-state index contributed by atoms with van der Waals surface area (Å²) in [6, 6.07) is 0.982. The average molecular weight is 271 g/mol. The van der Waals surface area contributed by atoms with Crippen LogP contribution in [0.1, 0.15) is 30.9 Å². The molecule has 5 heteroatoms. The second-order valence-corrected chi connectivity index (χ2v) is 6.73. The maximum atomic E-state index is 4.44. The third kappa shape index (κ3) is 3.93. The number of hydrogen-bond donors (Lipinski definition) is 2. The molecule has 2 heterocycles. The monoisotopic (exact) mass is 271 g/mol. The van der Waals surface area contributed by atoms with E-state index in [-0.39, 0.29) is 0 Å². The van der Waals surface area contributed by atoms with Gasteiger partial charge in [-0.2, -0.15) is 23.5 Å². The van der Waals surface area contributed by atoms with Crippen LogP contribution in [0.2, 0.25) is 0 Å². The Balaban J connectivity index is 1.94. The molecule has 1 saturated heterocycles. The number of nitrogens with zero attached hydrogens (tertiary/aromatic N) is 1. The summed E-state index contributed by atoms with van der Waals surface area (Å²) in [6.07, 6.45) is 3.00. The Morgan fingerprint density at radius 3 is 2.71 bits per heavy atom. The third-order valence-corrected chi connectivity index (χ3v) is 5.43. The van der Waals surface area contributed by atoms with Gasteiger partial charge in [-0.15, -0.1) is 0 Å². The fourth-order valence-corrected chi connectivity index (χ4v) is 4.42. The van der Waals surface area contributed by atoms with Gasteiger partial charge < -0.3 is 10.3 Å². The van der Waals surface area contributed by atoms with Gasteiger partial charge >= 0.3 is 0 Å². The molecule has 2 rings (SSSR count). The zero-order chi connectivity index (χ0) is 12.1. The van der Waals surface area contributed by atoms with Crippen LogP contribution in [0.3, 0.4) is 0 Å². The number of nitrogens with one attached hydrogen (secondary N) is 2. The molecule has 1 atom stereocenters. The predicted molar refractivity (Wildman–Crippen MR) is 77.9 cm³/mol. The predicted octanol–water partition coefficient (Wildman–Crippen LogP) is 2.61. The summed E-state index contributed by atoms with van der Waals surface area (Å²) >= 11 is 4.13. The van der Waals surface area contributed by atoms with E-state index < -0.39 is 0 Å². The van der Waals surface area contributed by atoms with Crippen molar-refractivity contribution in [3.05, 3.63) is 17.7 Å². The Bertz CT molecular complexity index is 332. The Morgan fingerprint density at radius 1 is 1.47 bits per heavy atom. The molecule has 0 radical (unpaired) electrons. The van der Waals surface area contributed by atoms with E-state index in [0.717, 1.165) is 17.9 Å². The zero-order valence-corrected chi connectivity index (χ0v) is 12.2. The fraction of sp³-hybridized carbons (Fsp3) is 0.750. The van der Waals surface area contributed by atoms with Crippen molar-refractivity contribution in [1.82, 2.24) is 15.3 Å². The zero-order valence-electron chi connectivity index (χ0n) is 10.5. The molecule has 96 valence electrons. The average Bonchev–Trinajstić information content (AvgIpc) is 2.62. The lowest BCUT2D eigenvalue weighted by molar-refractivity contribution is 0.458. The van der Waals surface area contributed by atoms with Gasteiger partial charge in [0.1, 0.15) is 5.82 Å². The van der Waals surface area contributed by atoms with Gasteiger partial charge in [0.15, 0.2) is 0 Å². The number of H-pyrrole nitrogens is 1. The normalized spacial score (nSPS) is 20.1. The first kappa shape index (κ1) is 13.3. The van der Waals surface area contributed by atoms with Crippen LogP contribution in [-0.2, 0) is 0 Å². The summed E-state index contributed by atoms with van der Waals surface area (Å²) < 4.78 is 0. The van der Waals surface area contributed by atoms with E-state index in [1.165, 1.54) is 23.0 Å². The molecule has 0 aliphatic carbocycles. The minimum atomic E-state index is 0.369. The number of rotatable bonds is 4. The first-order chi connectivity index (χ1) is 8.29. The summed E-state index contributed by atoms with van der Waals surface area (Å²) in [5, 5.41) is 3.74. The largest absolute Gasteiger partial charge is 0.345 e. The van der Waals surface area contributed by atoms with E-state index >= 15 is 0 Å². The molecule has 1 unspecified atom stereocenters. The van der Waals surface area contributed by atoms with Crippen molar-refractivity contribution in [3.8, 4) is 0 Å². The highest BCUT2D eigenvalue weighted by molar-refractivity contribution is 8.03. The van der Waals surface area contributed by atoms with Crippen LogP contribution in [0.25, 0.3) is 0 Å². The summed E-state index contributed by atoms with van der Waals surface area (Å²) in [5.74, 6) is 6.12. The van der Waals surface area contributed by atoms with Crippen LogP contribution in [0, 0.1) is 6.92 Å². The van der Waals surface area contributed by atoms with E-state index in [1.807, 2.05) is 6.20 Å². The first-order valence-electron chi connectivity index (χ1n) is 6.22. The highest BCUT2D eigenvalue weighted by Crippen LogP contribution is 2.20. The highest BCUT2D eigenvalue weighted by Gasteiger charge is 2.19. The second-order valence-electron chi connectivity index (χ2n) is 4.43. The van der Waals surface area contributed by atoms with Crippen LogP contribution in [-0.4, -0.2) is 39.0 Å². The van der Waals surface area contributed by atoms with Crippen molar-refractivity contribution < 1.29 is 0 Å². The van der Waals surface area contributed by atoms with E-state index in [0.29, 0.717) is 12.1 Å². The topological polar surface area (TPSA) is 40.7 Å². The molecule has 0 saturated carbocycles. The van der Waals surface area contributed by atoms with Gasteiger partial charge in [-0.25, -0.2) is 4.98 Å². The lowest BCUT2D eigenvalue weighted by Crippen LogP contribution is -2.36. The van der Waals surface area contributed by atoms with Gasteiger partial charge in [-0.3, -0.25) is 0 Å². The quantitative estimate of drug-likeness (QED) is 0.883. The van der Waals surface area contributed by atoms with E-state index in [9.17, 15) is 0 Å². The fourth-order valence-electron chi connectivity index (χ4n) is 2.00. The lowest BCUT2D eigenvalue weighted by atomic mass is 10.2. The van der Waals surface area contributed by atoms with Gasteiger partial charge in [0.2, 0.25) is 0 Å². The van der Waals surface area contributed by atoms with Crippen LogP contribution < -0.4 is 5.32 Å². The summed E-state index contributed by atoms with van der Waals surface area (Å²) in [4.78, 5) is 7.79. The smallest absolute Gasteiger partial charge is 0.123 e. The third-order valence-electron chi connectivity index (χ3n) is 2.91. The van der Waals surface area contributed by atoms with Crippen molar-refractivity contribution in [3.63, 3.8) is 0 Å². The van der Waals surface area contributed by atoms with E-state index in [4.69, 9.17) is 0 Å². The van der Waals surface area contributed by atoms with Crippen molar-refractivity contribution >= 4 is 23.5 Å². The molecule has 0 amide bonds. The van der Waals surface area contributed by atoms with Crippen LogP contribution in [0.4, 0.5) is 0 Å². The molecule has 17 heavy (non-hydrogen) atoms. The van der Waals surface area contributed by atoms with Gasteiger partial charge in [0, 0.05) is 40.9 Å². The number of aromatic amines is 1. The molecule has 3 nitrogen and oxygen atoms in total. The summed E-state index contributed by atoms with van der Waals surface area (Å²) in [5.41, 5.74) is 1.14. The summed E-state index contributed by atoms with van der Waals surface area (Å²) in [6.45, 7) is 4.27. The Morgan fingerprint density at radius 2 is 2.18 bits per heavy atom. The molecule has 0 aromatic carbocycles. The first-order valence-corrected chi connectivity index (χ1v) is 8.53. The molecule has 2 N–H and O–H groups in total. The molecule has 0 spiro atoms. The Labute approximate surface area is 112 Å². The van der Waals surface area contributed by atoms with Gasteiger partial charge in [-0.05, 0) is 13.3 Å². The van der Waals surface area contributed by atoms with Gasteiger partial charge in [-0.1, -0.05) is 6.92 Å². The molecule has 1 fully saturated rings. The number of hydrogen-bond acceptors (Lipinski definition) is 4. The SMILES string of the molecule is CCC(NC1CSCCSC1)c1ncc(C)[nH]1. The molecule has 1 aromatic heterocycles. The number of imidazole rings is 1. The van der Waals surface area contributed by atoms with Crippen molar-refractivity contribution in [2.45, 2.75) is 32.4 Å². The minimum Gasteiger partial charge on any atom is -0.345 e. The minimum absolute atomic E-state index is 0.369. The Hall–Kier alpha value is -0.130. The summed E-state index contributed by atoms with van der Waals surface area (Å²) in [7, 11) is 0. The van der Waals surface area contributed by atoms with Crippen molar-refractivity contribution in [2.75, 3.05) is 23.0 Å². The maximum Gasteiger partial charge on any atom is 0.123 e. The van der Waals surface area contributed by atoms with E-state index in [2.05, 4.69) is 52.7 Å². The molecule has 1 aromatic rings. The molecule has 1 aliphatic rings.